The van der Waals surface area contributed by atoms with Gasteiger partial charge in [0.15, 0.2) is 5.78 Å². The van der Waals surface area contributed by atoms with Crippen molar-refractivity contribution in [1.29, 1.82) is 0 Å². The fourth-order valence-corrected chi connectivity index (χ4v) is 4.82. The Bertz CT molecular complexity index is 1660. The van der Waals surface area contributed by atoms with Gasteiger partial charge in [-0.1, -0.05) is 0 Å². The van der Waals surface area contributed by atoms with Crippen LogP contribution in [-0.2, 0) is 30.4 Å². The van der Waals surface area contributed by atoms with Gasteiger partial charge in [0.05, 0.1) is 4.90 Å². The smallest absolute Gasteiger partial charge is 0.298 e. The molecule has 16 heteroatoms. The molecule has 3 rings (SSSR count). The van der Waals surface area contributed by atoms with Crippen molar-refractivity contribution in [3.05, 3.63) is 65.7 Å². The van der Waals surface area contributed by atoms with Crippen LogP contribution in [0.3, 0.4) is 0 Å². The summed E-state index contributed by atoms with van der Waals surface area (Å²) in [5, 5.41) is 0. The monoisotopic (exact) mass is 544 g/mol. The number of anilines is 2. The van der Waals surface area contributed by atoms with E-state index in [-0.39, 0.29) is 22.5 Å². The molecule has 0 saturated heterocycles. The molecule has 7 N–H and O–H groups in total. The van der Waals surface area contributed by atoms with E-state index < -0.39 is 62.3 Å². The van der Waals surface area contributed by atoms with Gasteiger partial charge in [-0.25, -0.2) is 0 Å². The average Bonchev–Trinajstić information content (AvgIpc) is 2.70. The van der Waals surface area contributed by atoms with Crippen molar-refractivity contribution in [2.45, 2.75) is 14.7 Å². The van der Waals surface area contributed by atoms with Crippen LogP contribution in [0.2, 0.25) is 0 Å². The molecule has 0 aliphatic rings. The Morgan fingerprint density at radius 2 is 1.11 bits per heavy atom. The molecule has 0 aliphatic carbocycles. The summed E-state index contributed by atoms with van der Waals surface area (Å²) in [6, 6.07) is 8.50. The molecule has 0 spiro atoms. The Hall–Kier alpha value is -3.54. The lowest BCUT2D eigenvalue weighted by atomic mass is 10.0. The van der Waals surface area contributed by atoms with Crippen molar-refractivity contribution in [2.75, 3.05) is 11.5 Å². The predicted octanol–water partition coefficient (Wildman–Crippen LogP) is 1.61. The maximum atomic E-state index is 12.8. The highest BCUT2D eigenvalue weighted by Gasteiger charge is 2.25. The van der Waals surface area contributed by atoms with Crippen LogP contribution in [0, 0.1) is 0 Å². The lowest BCUT2D eigenvalue weighted by Crippen LogP contribution is -2.09. The number of carbonyl (C=O) groups is 1. The maximum Gasteiger partial charge on any atom is 0.298 e. The molecular weight excluding hydrogens is 528 g/mol. The van der Waals surface area contributed by atoms with Crippen LogP contribution >= 0.6 is 0 Å². The van der Waals surface area contributed by atoms with Gasteiger partial charge in [-0.15, -0.1) is 0 Å². The molecule has 0 aliphatic heterocycles. The molecule has 3 aromatic carbocycles. The Morgan fingerprint density at radius 1 is 0.629 bits per heavy atom. The summed E-state index contributed by atoms with van der Waals surface area (Å²) in [7, 11) is -15.1. The van der Waals surface area contributed by atoms with E-state index in [1.165, 1.54) is 18.2 Å². The van der Waals surface area contributed by atoms with E-state index in [9.17, 15) is 39.2 Å². The van der Waals surface area contributed by atoms with E-state index in [1.54, 1.807) is 0 Å². The third kappa shape index (κ3) is 5.94. The summed E-state index contributed by atoms with van der Waals surface area (Å²) >= 11 is 0. The van der Waals surface area contributed by atoms with Crippen molar-refractivity contribution in [1.82, 2.24) is 0 Å². The Kier molecular flexibility index (Phi) is 6.64. The highest BCUT2D eigenvalue weighted by Crippen LogP contribution is 2.35. The zero-order valence-corrected chi connectivity index (χ0v) is 19.6. The SMILES string of the molecule is Nc1cc(N)cc(C(=O)c2ccc(Oc3ccc(S(=O)(=O)O)cc3S(=O)(=O)O)c(S(=O)(=O)O)c2)c1. The first-order chi connectivity index (χ1) is 16.0. The van der Waals surface area contributed by atoms with Gasteiger partial charge < -0.3 is 16.2 Å². The van der Waals surface area contributed by atoms with Gasteiger partial charge in [0.1, 0.15) is 21.3 Å². The van der Waals surface area contributed by atoms with Crippen molar-refractivity contribution in [2.24, 2.45) is 0 Å². The maximum absolute atomic E-state index is 12.8. The summed E-state index contributed by atoms with van der Waals surface area (Å²) in [5.41, 5.74) is 11.4. The second-order valence-electron chi connectivity index (χ2n) is 7.01. The van der Waals surface area contributed by atoms with Crippen LogP contribution in [0.5, 0.6) is 11.5 Å². The average molecular weight is 545 g/mol. The van der Waals surface area contributed by atoms with Crippen LogP contribution < -0.4 is 16.2 Å². The lowest BCUT2D eigenvalue weighted by Gasteiger charge is -2.14. The van der Waals surface area contributed by atoms with Gasteiger partial charge in [-0.2, -0.15) is 25.3 Å². The highest BCUT2D eigenvalue weighted by atomic mass is 32.2. The minimum absolute atomic E-state index is 0.00641. The van der Waals surface area contributed by atoms with Crippen molar-refractivity contribution < 1.29 is 48.4 Å². The molecule has 0 amide bonds. The lowest BCUT2D eigenvalue weighted by molar-refractivity contribution is 0.103. The Balaban J connectivity index is 2.14. The molecule has 3 aromatic rings. The number of ether oxygens (including phenoxy) is 1. The van der Waals surface area contributed by atoms with Gasteiger partial charge in [0.25, 0.3) is 30.4 Å². The second kappa shape index (κ2) is 8.91. The van der Waals surface area contributed by atoms with Gasteiger partial charge in [-0.3, -0.25) is 18.5 Å². The molecular formula is C19H16N2O11S3. The molecule has 0 saturated carbocycles. The fourth-order valence-electron chi connectivity index (χ4n) is 2.96. The highest BCUT2D eigenvalue weighted by molar-refractivity contribution is 7.86. The third-order valence-electron chi connectivity index (χ3n) is 4.43. The summed E-state index contributed by atoms with van der Waals surface area (Å²) in [5.74, 6) is -2.16. The summed E-state index contributed by atoms with van der Waals surface area (Å²) in [6.07, 6.45) is 0. The van der Waals surface area contributed by atoms with E-state index in [0.29, 0.717) is 18.2 Å². The number of carbonyl (C=O) groups excluding carboxylic acids is 1. The molecule has 0 radical (unpaired) electrons. The Labute approximate surface area is 199 Å². The van der Waals surface area contributed by atoms with Gasteiger partial charge in [0.2, 0.25) is 0 Å². The summed E-state index contributed by atoms with van der Waals surface area (Å²) in [4.78, 5) is 9.79. The van der Waals surface area contributed by atoms with Crippen molar-refractivity contribution in [3.8, 4) is 11.5 Å². The molecule has 0 atom stereocenters. The number of hydrogen-bond donors (Lipinski definition) is 5. The molecule has 0 unspecified atom stereocenters. The zero-order chi connectivity index (χ0) is 26.3. The fraction of sp³-hybridized carbons (Fsp3) is 0. The van der Waals surface area contributed by atoms with E-state index in [0.717, 1.165) is 18.2 Å². The van der Waals surface area contributed by atoms with Crippen LogP contribution in [0.25, 0.3) is 0 Å². The zero-order valence-electron chi connectivity index (χ0n) is 17.2. The molecule has 0 fully saturated rings. The predicted molar refractivity (Wildman–Crippen MR) is 121 cm³/mol. The number of nitrogens with two attached hydrogens (primary N) is 2. The van der Waals surface area contributed by atoms with E-state index in [4.69, 9.17) is 20.8 Å². The summed E-state index contributed by atoms with van der Waals surface area (Å²) < 4.78 is 103. The van der Waals surface area contributed by atoms with Gasteiger partial charge in [0, 0.05) is 22.5 Å². The number of ketones is 1. The first kappa shape index (κ1) is 26.1. The number of benzene rings is 3. The molecule has 0 bridgehead atoms. The van der Waals surface area contributed by atoms with Crippen molar-refractivity contribution in [3.63, 3.8) is 0 Å². The van der Waals surface area contributed by atoms with Crippen LogP contribution in [0.15, 0.2) is 69.3 Å². The largest absolute Gasteiger partial charge is 0.454 e. The third-order valence-corrected chi connectivity index (χ3v) is 7.03. The minimum atomic E-state index is -5.14. The van der Waals surface area contributed by atoms with Crippen LogP contribution in [0.1, 0.15) is 15.9 Å². The van der Waals surface area contributed by atoms with Gasteiger partial charge in [-0.05, 0) is 54.6 Å². The Morgan fingerprint density at radius 3 is 1.60 bits per heavy atom. The quantitative estimate of drug-likeness (QED) is 0.161. The molecule has 13 nitrogen and oxygen atoms in total. The molecule has 0 heterocycles. The normalized spacial score (nSPS) is 12.3. The van der Waals surface area contributed by atoms with E-state index >= 15 is 0 Å². The van der Waals surface area contributed by atoms with E-state index in [2.05, 4.69) is 0 Å². The number of nitrogen functional groups attached to an aromatic ring is 2. The van der Waals surface area contributed by atoms with E-state index in [1.807, 2.05) is 0 Å². The number of hydrogen-bond acceptors (Lipinski definition) is 10. The van der Waals surface area contributed by atoms with Crippen LogP contribution in [-0.4, -0.2) is 44.7 Å². The topological polar surface area (TPSA) is 241 Å². The number of rotatable bonds is 7. The van der Waals surface area contributed by atoms with Crippen LogP contribution in [0.4, 0.5) is 11.4 Å². The standard InChI is InChI=1S/C19H16N2O11S3/c20-12-5-11(6-13(21)8-12)19(22)10-1-3-15(17(7-10)34(26,27)28)32-16-4-2-14(33(23,24)25)9-18(16)35(29,30)31/h1-9H,20-21H2,(H,23,24,25)(H,26,27,28)(H,29,30,31). The van der Waals surface area contributed by atoms with Crippen molar-refractivity contribution >= 4 is 47.5 Å². The van der Waals surface area contributed by atoms with Gasteiger partial charge >= 0.3 is 0 Å². The second-order valence-corrected chi connectivity index (χ2v) is 11.2. The minimum Gasteiger partial charge on any atom is -0.454 e. The summed E-state index contributed by atoms with van der Waals surface area (Å²) in [6.45, 7) is 0. The first-order valence-corrected chi connectivity index (χ1v) is 13.4. The molecule has 35 heavy (non-hydrogen) atoms. The molecule has 0 aromatic heterocycles. The first-order valence-electron chi connectivity index (χ1n) is 9.06. The molecule has 186 valence electrons.